The SMILES string of the molecule is CC.CC.CC(C)=O.CCCC(C)CCC.Cc1cccc(O)c1. The molecule has 2 nitrogen and oxygen atoms in total. The molecular formula is C22H44O2. The maximum absolute atomic E-state index is 9.44. The first-order chi connectivity index (χ1) is 11.3. The Bertz CT molecular complexity index is 318. The number of hydrogen-bond acceptors (Lipinski definition) is 2. The highest BCUT2D eigenvalue weighted by Gasteiger charge is 1.95. The van der Waals surface area contributed by atoms with Crippen LogP contribution in [0.2, 0.25) is 0 Å². The Morgan fingerprint density at radius 3 is 1.58 bits per heavy atom. The minimum Gasteiger partial charge on any atom is -0.508 e. The number of rotatable bonds is 4. The Kier molecular flexibility index (Phi) is 33.8. The highest BCUT2D eigenvalue weighted by Crippen LogP contribution is 2.10. The zero-order valence-corrected chi connectivity index (χ0v) is 18.1. The van der Waals surface area contributed by atoms with E-state index < -0.39 is 0 Å². The van der Waals surface area contributed by atoms with Gasteiger partial charge >= 0.3 is 0 Å². The van der Waals surface area contributed by atoms with Crippen molar-refractivity contribution in [2.75, 3.05) is 0 Å². The largest absolute Gasteiger partial charge is 0.508 e. The number of Topliss-reactive ketones (excluding diaryl/α,β-unsaturated/α-hetero) is 1. The second-order valence-electron chi connectivity index (χ2n) is 5.43. The molecule has 0 saturated heterocycles. The summed E-state index contributed by atoms with van der Waals surface area (Å²) in [5.74, 6) is 1.47. The quantitative estimate of drug-likeness (QED) is 0.613. The van der Waals surface area contributed by atoms with Crippen LogP contribution in [0.4, 0.5) is 0 Å². The summed E-state index contributed by atoms with van der Waals surface area (Å²) < 4.78 is 0. The topological polar surface area (TPSA) is 37.3 Å². The van der Waals surface area contributed by atoms with Crippen molar-refractivity contribution in [1.82, 2.24) is 0 Å². The van der Waals surface area contributed by atoms with Crippen LogP contribution >= 0.6 is 0 Å². The van der Waals surface area contributed by atoms with Gasteiger partial charge in [0.25, 0.3) is 0 Å². The molecule has 1 aromatic carbocycles. The van der Waals surface area contributed by atoms with E-state index in [9.17, 15) is 4.79 Å². The Morgan fingerprint density at radius 2 is 1.38 bits per heavy atom. The van der Waals surface area contributed by atoms with Gasteiger partial charge in [0, 0.05) is 0 Å². The molecule has 0 amide bonds. The summed E-state index contributed by atoms with van der Waals surface area (Å²) >= 11 is 0. The number of aryl methyl sites for hydroxylation is 1. The van der Waals surface area contributed by atoms with Gasteiger partial charge in [0.05, 0.1) is 0 Å². The van der Waals surface area contributed by atoms with Crippen LogP contribution in [-0.4, -0.2) is 10.9 Å². The molecule has 144 valence electrons. The molecule has 0 atom stereocenters. The smallest absolute Gasteiger partial charge is 0.126 e. The minimum atomic E-state index is 0.167. The Hall–Kier alpha value is -1.31. The van der Waals surface area contributed by atoms with Crippen LogP contribution < -0.4 is 0 Å². The fraction of sp³-hybridized carbons (Fsp3) is 0.682. The van der Waals surface area contributed by atoms with E-state index in [1.807, 2.05) is 46.8 Å². The summed E-state index contributed by atoms with van der Waals surface area (Å²) in [5, 5.41) is 8.81. The van der Waals surface area contributed by atoms with Gasteiger partial charge in [-0.25, -0.2) is 0 Å². The van der Waals surface area contributed by atoms with E-state index in [1.54, 1.807) is 12.1 Å². The van der Waals surface area contributed by atoms with E-state index in [-0.39, 0.29) is 5.78 Å². The van der Waals surface area contributed by atoms with E-state index in [0.29, 0.717) is 5.75 Å². The summed E-state index contributed by atoms with van der Waals surface area (Å²) in [6.07, 6.45) is 5.52. The first-order valence-electron chi connectivity index (χ1n) is 9.56. The highest BCUT2D eigenvalue weighted by molar-refractivity contribution is 5.72. The molecule has 0 aliphatic heterocycles. The fourth-order valence-electron chi connectivity index (χ4n) is 1.76. The normalized spacial score (nSPS) is 8.12. The fourth-order valence-corrected chi connectivity index (χ4v) is 1.76. The number of phenols is 1. The lowest BCUT2D eigenvalue weighted by molar-refractivity contribution is -0.114. The van der Waals surface area contributed by atoms with Gasteiger partial charge in [0.1, 0.15) is 11.5 Å². The lowest BCUT2D eigenvalue weighted by Gasteiger charge is -2.05. The maximum Gasteiger partial charge on any atom is 0.126 e. The number of carbonyl (C=O) groups is 1. The molecule has 1 aromatic rings. The highest BCUT2D eigenvalue weighted by atomic mass is 16.3. The molecule has 1 rings (SSSR count). The van der Waals surface area contributed by atoms with Crippen LogP contribution in [0, 0.1) is 12.8 Å². The van der Waals surface area contributed by atoms with E-state index in [2.05, 4.69) is 20.8 Å². The van der Waals surface area contributed by atoms with Crippen LogP contribution in [0.5, 0.6) is 5.75 Å². The lowest BCUT2D eigenvalue weighted by Crippen LogP contribution is -1.91. The van der Waals surface area contributed by atoms with Crippen LogP contribution in [-0.2, 0) is 4.79 Å². The van der Waals surface area contributed by atoms with Crippen LogP contribution in [0.1, 0.15) is 93.6 Å². The number of ketones is 1. The van der Waals surface area contributed by atoms with Gasteiger partial charge in [-0.2, -0.15) is 0 Å². The summed E-state index contributed by atoms with van der Waals surface area (Å²) in [5.41, 5.74) is 1.09. The van der Waals surface area contributed by atoms with Crippen molar-refractivity contribution in [1.29, 1.82) is 0 Å². The molecule has 0 unspecified atom stereocenters. The zero-order chi connectivity index (χ0) is 20.0. The molecule has 0 heterocycles. The van der Waals surface area contributed by atoms with Crippen molar-refractivity contribution in [3.63, 3.8) is 0 Å². The Labute approximate surface area is 152 Å². The second kappa shape index (κ2) is 26.6. The van der Waals surface area contributed by atoms with Crippen molar-refractivity contribution in [2.24, 2.45) is 5.92 Å². The molecule has 1 N–H and O–H groups in total. The van der Waals surface area contributed by atoms with Crippen molar-refractivity contribution in [3.05, 3.63) is 29.8 Å². The number of phenolic OH excluding ortho intramolecular Hbond substituents is 1. The molecule has 0 saturated carbocycles. The first kappa shape index (κ1) is 30.6. The van der Waals surface area contributed by atoms with E-state index in [4.69, 9.17) is 5.11 Å². The average molecular weight is 341 g/mol. The Morgan fingerprint density at radius 1 is 1.00 bits per heavy atom. The monoisotopic (exact) mass is 340 g/mol. The van der Waals surface area contributed by atoms with Crippen molar-refractivity contribution in [3.8, 4) is 5.75 Å². The summed E-state index contributed by atoms with van der Waals surface area (Å²) in [6, 6.07) is 7.15. The van der Waals surface area contributed by atoms with Gasteiger partial charge in [0.15, 0.2) is 0 Å². The molecule has 2 heteroatoms. The van der Waals surface area contributed by atoms with Crippen molar-refractivity contribution < 1.29 is 9.90 Å². The third kappa shape index (κ3) is 37.2. The third-order valence-corrected chi connectivity index (χ3v) is 2.56. The molecule has 0 aliphatic rings. The summed E-state index contributed by atoms with van der Waals surface area (Å²) in [6.45, 7) is 19.9. The van der Waals surface area contributed by atoms with E-state index in [1.165, 1.54) is 39.5 Å². The predicted molar refractivity (Wildman–Crippen MR) is 111 cm³/mol. The molecule has 0 aliphatic carbocycles. The van der Waals surface area contributed by atoms with Crippen molar-refractivity contribution in [2.45, 2.75) is 94.9 Å². The zero-order valence-electron chi connectivity index (χ0n) is 18.1. The number of benzene rings is 1. The van der Waals surface area contributed by atoms with Crippen LogP contribution in [0.3, 0.4) is 0 Å². The lowest BCUT2D eigenvalue weighted by atomic mass is 10.0. The average Bonchev–Trinajstić information content (AvgIpc) is 2.52. The minimum absolute atomic E-state index is 0.167. The molecule has 0 spiro atoms. The number of carbonyl (C=O) groups excluding carboxylic acids is 1. The molecule has 0 aromatic heterocycles. The van der Waals surface area contributed by atoms with Gasteiger partial charge in [-0.1, -0.05) is 86.3 Å². The molecule has 0 bridgehead atoms. The van der Waals surface area contributed by atoms with Crippen molar-refractivity contribution >= 4 is 5.78 Å². The molecular weight excluding hydrogens is 296 g/mol. The van der Waals surface area contributed by atoms with E-state index in [0.717, 1.165) is 11.5 Å². The van der Waals surface area contributed by atoms with Gasteiger partial charge < -0.3 is 9.90 Å². The standard InChI is InChI=1S/C8H18.C7H8O.C3H6O.2C2H6/c1-4-6-8(3)7-5-2;1-6-3-2-4-7(8)5-6;1-3(2)4;2*1-2/h8H,4-7H2,1-3H3;2-5,8H,1H3;1-2H3;2*1-2H3. The first-order valence-corrected chi connectivity index (χ1v) is 9.56. The molecule has 0 fully saturated rings. The van der Waals surface area contributed by atoms with Crippen LogP contribution in [0.15, 0.2) is 24.3 Å². The van der Waals surface area contributed by atoms with Gasteiger partial charge in [-0.15, -0.1) is 0 Å². The second-order valence-corrected chi connectivity index (χ2v) is 5.43. The predicted octanol–water partition coefficient (Wildman–Crippen LogP) is 7.57. The summed E-state index contributed by atoms with van der Waals surface area (Å²) in [7, 11) is 0. The van der Waals surface area contributed by atoms with Gasteiger partial charge in [-0.05, 0) is 44.4 Å². The molecule has 24 heavy (non-hydrogen) atoms. The maximum atomic E-state index is 9.44. The third-order valence-electron chi connectivity index (χ3n) is 2.56. The van der Waals surface area contributed by atoms with Gasteiger partial charge in [0.2, 0.25) is 0 Å². The van der Waals surface area contributed by atoms with E-state index >= 15 is 0 Å². The number of hydrogen-bond donors (Lipinski definition) is 1. The van der Waals surface area contributed by atoms with Crippen LogP contribution in [0.25, 0.3) is 0 Å². The Balaban J connectivity index is -0.000000118. The van der Waals surface area contributed by atoms with Gasteiger partial charge in [-0.3, -0.25) is 0 Å². The number of aromatic hydroxyl groups is 1. The molecule has 0 radical (unpaired) electrons. The summed E-state index contributed by atoms with van der Waals surface area (Å²) in [4.78, 5) is 9.44.